The van der Waals surface area contributed by atoms with Gasteiger partial charge in [-0.2, -0.15) is 0 Å². The van der Waals surface area contributed by atoms with Crippen molar-refractivity contribution in [2.75, 3.05) is 20.3 Å². The van der Waals surface area contributed by atoms with Gasteiger partial charge >= 0.3 is 0 Å². The Bertz CT molecular complexity index is 1030. The van der Waals surface area contributed by atoms with Crippen molar-refractivity contribution in [3.8, 4) is 5.75 Å². The van der Waals surface area contributed by atoms with Crippen LogP contribution < -0.4 is 4.74 Å². The third-order valence-electron chi connectivity index (χ3n) is 5.11. The van der Waals surface area contributed by atoms with Gasteiger partial charge in [-0.1, -0.05) is 41.4 Å². The Morgan fingerprint density at radius 1 is 1.19 bits per heavy atom. The van der Waals surface area contributed by atoms with E-state index >= 15 is 0 Å². The van der Waals surface area contributed by atoms with Crippen LogP contribution in [0, 0.1) is 6.92 Å². The second kappa shape index (κ2) is 9.54. The highest BCUT2D eigenvalue weighted by molar-refractivity contribution is 6.47. The average Bonchev–Trinajstić information content (AvgIpc) is 2.98. The molecule has 0 spiro atoms. The molecule has 7 heteroatoms. The van der Waals surface area contributed by atoms with E-state index in [1.165, 1.54) is 12.0 Å². The minimum absolute atomic E-state index is 0.00435. The Morgan fingerprint density at radius 3 is 2.58 bits per heavy atom. The zero-order valence-electron chi connectivity index (χ0n) is 18.0. The predicted molar refractivity (Wildman–Crippen MR) is 119 cm³/mol. The minimum atomic E-state index is -0.757. The lowest BCUT2D eigenvalue weighted by Crippen LogP contribution is -2.33. The summed E-state index contributed by atoms with van der Waals surface area (Å²) in [6.45, 7) is 6.21. The number of carbonyl (C=O) groups is 2. The zero-order valence-corrected chi connectivity index (χ0v) is 18.8. The molecule has 1 aliphatic heterocycles. The van der Waals surface area contributed by atoms with Crippen LogP contribution >= 0.6 is 11.6 Å². The van der Waals surface area contributed by atoms with Crippen molar-refractivity contribution < 1.29 is 24.2 Å². The van der Waals surface area contributed by atoms with E-state index in [0.29, 0.717) is 5.75 Å². The molecule has 0 bridgehead atoms. The van der Waals surface area contributed by atoms with Gasteiger partial charge < -0.3 is 19.5 Å². The number of ether oxygens (including phenoxy) is 2. The van der Waals surface area contributed by atoms with E-state index in [9.17, 15) is 14.7 Å². The van der Waals surface area contributed by atoms with E-state index in [1.54, 1.807) is 18.2 Å². The standard InChI is InChI=1S/C24H26ClNO5/c1-14(2)31-11-10-26-21(16-7-5-6-15(3)12-16)20(23(28)24(26)29)22(27)18-13-17(30-4)8-9-19(18)25/h5-9,12-14,21,27H,10-11H2,1-4H3/b22-20+. The summed E-state index contributed by atoms with van der Waals surface area (Å²) < 4.78 is 10.8. The monoisotopic (exact) mass is 443 g/mol. The number of ketones is 1. The number of methoxy groups -OCH3 is 1. The molecule has 6 nitrogen and oxygen atoms in total. The van der Waals surface area contributed by atoms with Crippen LogP contribution in [0.2, 0.25) is 5.02 Å². The first-order chi connectivity index (χ1) is 14.7. The molecule has 0 aliphatic carbocycles. The second-order valence-electron chi connectivity index (χ2n) is 7.67. The number of likely N-dealkylation sites (tertiary alicyclic amines) is 1. The third kappa shape index (κ3) is 4.75. The van der Waals surface area contributed by atoms with Gasteiger partial charge in [0.25, 0.3) is 11.7 Å². The molecule has 2 aromatic carbocycles. The van der Waals surface area contributed by atoms with Crippen molar-refractivity contribution in [3.63, 3.8) is 0 Å². The van der Waals surface area contributed by atoms with Crippen LogP contribution in [0.25, 0.3) is 5.76 Å². The molecule has 31 heavy (non-hydrogen) atoms. The Hall–Kier alpha value is -2.83. The third-order valence-corrected chi connectivity index (χ3v) is 5.44. The Balaban J connectivity index is 2.15. The maximum Gasteiger partial charge on any atom is 0.295 e. The molecule has 2 aromatic rings. The summed E-state index contributed by atoms with van der Waals surface area (Å²) in [7, 11) is 1.49. The first kappa shape index (κ1) is 22.8. The summed E-state index contributed by atoms with van der Waals surface area (Å²) in [4.78, 5) is 27.4. The van der Waals surface area contributed by atoms with Crippen LogP contribution in [0.5, 0.6) is 5.75 Å². The molecule has 1 N–H and O–H groups in total. The highest BCUT2D eigenvalue weighted by Crippen LogP contribution is 2.41. The number of halogens is 1. The number of rotatable bonds is 7. The molecule has 0 radical (unpaired) electrons. The molecule has 1 aliphatic rings. The van der Waals surface area contributed by atoms with Gasteiger partial charge in [0.15, 0.2) is 0 Å². The van der Waals surface area contributed by atoms with Gasteiger partial charge in [-0.15, -0.1) is 0 Å². The lowest BCUT2D eigenvalue weighted by atomic mass is 9.94. The van der Waals surface area contributed by atoms with Gasteiger partial charge in [-0.25, -0.2) is 0 Å². The fraction of sp³-hybridized carbons (Fsp3) is 0.333. The van der Waals surface area contributed by atoms with Crippen molar-refractivity contribution in [1.29, 1.82) is 0 Å². The quantitative estimate of drug-likeness (QED) is 0.387. The highest BCUT2D eigenvalue weighted by atomic mass is 35.5. The SMILES string of the molecule is COc1ccc(Cl)c(/C(O)=C2\C(=O)C(=O)N(CCOC(C)C)C2c2cccc(C)c2)c1. The van der Waals surface area contributed by atoms with Crippen molar-refractivity contribution in [3.05, 3.63) is 69.8 Å². The van der Waals surface area contributed by atoms with Crippen molar-refractivity contribution in [2.45, 2.75) is 32.9 Å². The highest BCUT2D eigenvalue weighted by Gasteiger charge is 2.46. The lowest BCUT2D eigenvalue weighted by Gasteiger charge is -2.26. The summed E-state index contributed by atoms with van der Waals surface area (Å²) in [5, 5.41) is 11.4. The average molecular weight is 444 g/mol. The molecule has 0 aromatic heterocycles. The molecule has 1 unspecified atom stereocenters. The van der Waals surface area contributed by atoms with Crippen LogP contribution in [0.3, 0.4) is 0 Å². The van der Waals surface area contributed by atoms with Gasteiger partial charge in [-0.05, 0) is 44.5 Å². The van der Waals surface area contributed by atoms with E-state index in [0.717, 1.165) is 11.1 Å². The zero-order chi connectivity index (χ0) is 22.7. The Morgan fingerprint density at radius 2 is 1.94 bits per heavy atom. The summed E-state index contributed by atoms with van der Waals surface area (Å²) in [5.74, 6) is -1.30. The molecular weight excluding hydrogens is 418 g/mol. The number of aliphatic hydroxyl groups is 1. The smallest absolute Gasteiger partial charge is 0.295 e. The Kier molecular flexibility index (Phi) is 7.03. The second-order valence-corrected chi connectivity index (χ2v) is 8.08. The number of hydrogen-bond acceptors (Lipinski definition) is 5. The van der Waals surface area contributed by atoms with Gasteiger partial charge in [0.05, 0.1) is 36.5 Å². The van der Waals surface area contributed by atoms with Crippen molar-refractivity contribution >= 4 is 29.1 Å². The largest absolute Gasteiger partial charge is 0.507 e. The minimum Gasteiger partial charge on any atom is -0.507 e. The molecule has 3 rings (SSSR count). The molecule has 1 saturated heterocycles. The van der Waals surface area contributed by atoms with E-state index < -0.39 is 17.7 Å². The molecule has 1 amide bonds. The van der Waals surface area contributed by atoms with E-state index in [1.807, 2.05) is 45.0 Å². The number of carbonyl (C=O) groups excluding carboxylic acids is 2. The number of nitrogens with zero attached hydrogens (tertiary/aromatic N) is 1. The van der Waals surface area contributed by atoms with E-state index in [2.05, 4.69) is 0 Å². The maximum atomic E-state index is 13.0. The summed E-state index contributed by atoms with van der Waals surface area (Å²) in [6, 6.07) is 11.5. The van der Waals surface area contributed by atoms with Crippen LogP contribution in [0.1, 0.15) is 36.6 Å². The van der Waals surface area contributed by atoms with Gasteiger partial charge in [0.1, 0.15) is 11.5 Å². The summed E-state index contributed by atoms with van der Waals surface area (Å²) in [6.07, 6.45) is -0.00941. The predicted octanol–water partition coefficient (Wildman–Crippen LogP) is 4.50. The van der Waals surface area contributed by atoms with Crippen molar-refractivity contribution in [1.82, 2.24) is 4.90 Å². The number of Topliss-reactive ketones (excluding diaryl/α,β-unsaturated/α-hetero) is 1. The first-order valence-electron chi connectivity index (χ1n) is 10.0. The van der Waals surface area contributed by atoms with Crippen LogP contribution in [-0.2, 0) is 14.3 Å². The number of amides is 1. The van der Waals surface area contributed by atoms with E-state index in [4.69, 9.17) is 21.1 Å². The molecule has 1 fully saturated rings. The van der Waals surface area contributed by atoms with Gasteiger partial charge in [0, 0.05) is 12.1 Å². The lowest BCUT2D eigenvalue weighted by molar-refractivity contribution is -0.140. The fourth-order valence-corrected chi connectivity index (χ4v) is 3.85. The van der Waals surface area contributed by atoms with Gasteiger partial charge in [0.2, 0.25) is 0 Å². The Labute approximate surface area is 187 Å². The van der Waals surface area contributed by atoms with Crippen molar-refractivity contribution in [2.24, 2.45) is 0 Å². The summed E-state index contributed by atoms with van der Waals surface area (Å²) >= 11 is 6.30. The fourth-order valence-electron chi connectivity index (χ4n) is 3.64. The number of hydrogen-bond donors (Lipinski definition) is 1. The van der Waals surface area contributed by atoms with E-state index in [-0.39, 0.29) is 41.2 Å². The molecule has 164 valence electrons. The number of aryl methyl sites for hydroxylation is 1. The van der Waals surface area contributed by atoms with Crippen LogP contribution in [0.4, 0.5) is 0 Å². The van der Waals surface area contributed by atoms with Crippen LogP contribution in [-0.4, -0.2) is 48.1 Å². The molecular formula is C24H26ClNO5. The maximum absolute atomic E-state index is 13.0. The molecule has 0 saturated carbocycles. The first-order valence-corrected chi connectivity index (χ1v) is 10.4. The molecule has 1 atom stereocenters. The van der Waals surface area contributed by atoms with Gasteiger partial charge in [-0.3, -0.25) is 9.59 Å². The number of benzene rings is 2. The number of aliphatic hydroxyl groups excluding tert-OH is 1. The summed E-state index contributed by atoms with van der Waals surface area (Å²) in [5.41, 5.74) is 1.93. The normalized spacial score (nSPS) is 18.1. The van der Waals surface area contributed by atoms with Crippen LogP contribution in [0.15, 0.2) is 48.0 Å². The molecule has 1 heterocycles. The topological polar surface area (TPSA) is 76.1 Å².